The molecular weight excluding hydrogens is 424 g/mol. The fourth-order valence-corrected chi connectivity index (χ4v) is 5.39. The summed E-state index contributed by atoms with van der Waals surface area (Å²) >= 11 is 1.54. The van der Waals surface area contributed by atoms with Gasteiger partial charge in [-0.25, -0.2) is 8.42 Å². The highest BCUT2D eigenvalue weighted by atomic mass is 32.2. The summed E-state index contributed by atoms with van der Waals surface area (Å²) in [6.07, 6.45) is 0.636. The number of thiophene rings is 1. The molecule has 1 aromatic carbocycles. The smallest absolute Gasteiger partial charge is 0.271 e. The van der Waals surface area contributed by atoms with Crippen molar-refractivity contribution in [2.45, 2.75) is 13.0 Å². The Morgan fingerprint density at radius 3 is 2.93 bits per heavy atom. The van der Waals surface area contributed by atoms with Crippen LogP contribution in [0.2, 0.25) is 0 Å². The number of amides is 1. The van der Waals surface area contributed by atoms with E-state index >= 15 is 0 Å². The molecule has 158 valence electrons. The van der Waals surface area contributed by atoms with Crippen LogP contribution in [0.4, 0.5) is 0 Å². The number of carbonyl (C=O) groups excluding carboxylic acids is 1. The first kappa shape index (κ1) is 20.6. The molecule has 3 aromatic rings. The molecule has 2 aromatic heterocycles. The number of aromatic amines is 1. The first-order chi connectivity index (χ1) is 14.5. The maximum Gasteiger partial charge on any atom is 0.271 e. The van der Waals surface area contributed by atoms with Crippen molar-refractivity contribution in [3.8, 4) is 16.3 Å². The molecule has 0 spiro atoms. The van der Waals surface area contributed by atoms with Crippen LogP contribution in [0.5, 0.6) is 5.75 Å². The van der Waals surface area contributed by atoms with Crippen LogP contribution in [-0.4, -0.2) is 54.8 Å². The van der Waals surface area contributed by atoms with Crippen LogP contribution < -0.4 is 10.1 Å². The van der Waals surface area contributed by atoms with Gasteiger partial charge in [0.2, 0.25) is 10.0 Å². The molecule has 0 radical (unpaired) electrons. The van der Waals surface area contributed by atoms with E-state index in [-0.39, 0.29) is 18.0 Å². The van der Waals surface area contributed by atoms with Gasteiger partial charge in [-0.05, 0) is 47.2 Å². The average molecular weight is 447 g/mol. The van der Waals surface area contributed by atoms with Gasteiger partial charge in [-0.2, -0.15) is 9.40 Å². The van der Waals surface area contributed by atoms with E-state index in [0.717, 1.165) is 27.4 Å². The molecule has 1 aliphatic rings. The second kappa shape index (κ2) is 8.58. The summed E-state index contributed by atoms with van der Waals surface area (Å²) in [4.78, 5) is 13.3. The van der Waals surface area contributed by atoms with E-state index in [1.807, 2.05) is 35.7 Å². The lowest BCUT2D eigenvalue weighted by molar-refractivity contribution is 0.0951. The lowest BCUT2D eigenvalue weighted by atomic mass is 10.0. The minimum atomic E-state index is -3.49. The molecule has 4 rings (SSSR count). The topological polar surface area (TPSA) is 104 Å². The Hall–Kier alpha value is -2.69. The molecule has 0 saturated heterocycles. The number of hydrogen-bond acceptors (Lipinski definition) is 6. The first-order valence-electron chi connectivity index (χ1n) is 9.47. The number of nitrogens with zero attached hydrogens (tertiary/aromatic N) is 2. The van der Waals surface area contributed by atoms with Crippen LogP contribution in [0.1, 0.15) is 21.6 Å². The minimum absolute atomic E-state index is 0.0222. The standard InChI is InChI=1S/C20H22N4O4S2/c1-28-16-5-4-15-13-24(8-6-14(15)11-16)30(26,27)10-7-21-20(25)18-12-17(22-23-18)19-3-2-9-29-19/h2-5,9,11-12H,6-8,10,13H2,1H3,(H,21,25)(H,22,23). The maximum atomic E-state index is 12.7. The second-order valence-electron chi connectivity index (χ2n) is 6.93. The molecule has 0 fully saturated rings. The third kappa shape index (κ3) is 4.40. The quantitative estimate of drug-likeness (QED) is 0.579. The number of sulfonamides is 1. The van der Waals surface area contributed by atoms with Crippen molar-refractivity contribution < 1.29 is 17.9 Å². The molecule has 1 aliphatic heterocycles. The van der Waals surface area contributed by atoms with E-state index in [4.69, 9.17) is 4.74 Å². The number of rotatable bonds is 7. The predicted octanol–water partition coefficient (Wildman–Crippen LogP) is 2.26. The molecule has 1 amide bonds. The highest BCUT2D eigenvalue weighted by molar-refractivity contribution is 7.89. The van der Waals surface area contributed by atoms with Crippen LogP contribution in [0.15, 0.2) is 41.8 Å². The Balaban J connectivity index is 1.32. The molecule has 8 nitrogen and oxygen atoms in total. The number of benzene rings is 1. The highest BCUT2D eigenvalue weighted by Gasteiger charge is 2.27. The SMILES string of the molecule is COc1ccc2c(c1)CCN(S(=O)(=O)CCNC(=O)c1cc(-c3cccs3)[nH]n1)C2. The maximum absolute atomic E-state index is 12.7. The Bertz CT molecular complexity index is 1140. The number of carbonyl (C=O) groups is 1. The number of hydrogen-bond donors (Lipinski definition) is 2. The Labute approximate surface area is 178 Å². The average Bonchev–Trinajstić information content (AvgIpc) is 3.44. The van der Waals surface area contributed by atoms with Crippen molar-refractivity contribution in [1.82, 2.24) is 19.8 Å². The largest absolute Gasteiger partial charge is 0.497 e. The van der Waals surface area contributed by atoms with Crippen molar-refractivity contribution in [1.29, 1.82) is 0 Å². The zero-order valence-corrected chi connectivity index (χ0v) is 18.1. The zero-order chi connectivity index (χ0) is 21.1. The van der Waals surface area contributed by atoms with Crippen molar-refractivity contribution >= 4 is 27.3 Å². The van der Waals surface area contributed by atoms with Gasteiger partial charge in [-0.15, -0.1) is 11.3 Å². The fourth-order valence-electron chi connectivity index (χ4n) is 3.38. The fraction of sp³-hybridized carbons (Fsp3) is 0.300. The third-order valence-corrected chi connectivity index (χ3v) is 7.75. The van der Waals surface area contributed by atoms with Crippen molar-refractivity contribution in [2.75, 3.05) is 26.0 Å². The van der Waals surface area contributed by atoms with Crippen LogP contribution in [0.3, 0.4) is 0 Å². The summed E-state index contributed by atoms with van der Waals surface area (Å²) in [7, 11) is -1.88. The van der Waals surface area contributed by atoms with Gasteiger partial charge in [0, 0.05) is 19.6 Å². The molecule has 30 heavy (non-hydrogen) atoms. The highest BCUT2D eigenvalue weighted by Crippen LogP contribution is 2.25. The molecule has 0 atom stereocenters. The van der Waals surface area contributed by atoms with Crippen LogP contribution in [-0.2, 0) is 23.0 Å². The summed E-state index contributed by atoms with van der Waals surface area (Å²) in [5.41, 5.74) is 3.07. The molecule has 10 heteroatoms. The summed E-state index contributed by atoms with van der Waals surface area (Å²) in [5, 5.41) is 11.4. The van der Waals surface area contributed by atoms with Crippen molar-refractivity contribution in [2.24, 2.45) is 0 Å². The summed E-state index contributed by atoms with van der Waals surface area (Å²) in [6, 6.07) is 11.2. The van der Waals surface area contributed by atoms with Crippen LogP contribution in [0, 0.1) is 0 Å². The molecule has 0 saturated carbocycles. The second-order valence-corrected chi connectivity index (χ2v) is 9.97. The number of aromatic nitrogens is 2. The number of H-pyrrole nitrogens is 1. The molecule has 0 aliphatic carbocycles. The normalized spacial score (nSPS) is 14.3. The van der Waals surface area contributed by atoms with Crippen molar-refractivity contribution in [3.63, 3.8) is 0 Å². The van der Waals surface area contributed by atoms with Gasteiger partial charge in [-0.3, -0.25) is 9.89 Å². The van der Waals surface area contributed by atoms with E-state index in [0.29, 0.717) is 19.5 Å². The molecular formula is C20H22N4O4S2. The monoisotopic (exact) mass is 446 g/mol. The molecule has 0 bridgehead atoms. The van der Waals surface area contributed by atoms with Gasteiger partial charge < -0.3 is 10.1 Å². The van der Waals surface area contributed by atoms with E-state index in [1.165, 1.54) is 4.31 Å². The summed E-state index contributed by atoms with van der Waals surface area (Å²) < 4.78 is 32.2. The van der Waals surface area contributed by atoms with Crippen molar-refractivity contribution in [3.05, 3.63) is 58.6 Å². The third-order valence-electron chi connectivity index (χ3n) is 5.03. The molecule has 2 N–H and O–H groups in total. The van der Waals surface area contributed by atoms with Gasteiger partial charge in [0.05, 0.1) is 23.4 Å². The van der Waals surface area contributed by atoms with E-state index in [9.17, 15) is 13.2 Å². The lowest BCUT2D eigenvalue weighted by Gasteiger charge is -2.28. The van der Waals surface area contributed by atoms with Gasteiger partial charge in [0.25, 0.3) is 5.91 Å². The number of nitrogens with one attached hydrogen (secondary N) is 2. The number of methoxy groups -OCH3 is 1. The van der Waals surface area contributed by atoms with E-state index in [1.54, 1.807) is 24.5 Å². The van der Waals surface area contributed by atoms with E-state index in [2.05, 4.69) is 15.5 Å². The summed E-state index contributed by atoms with van der Waals surface area (Å²) in [6.45, 7) is 0.771. The molecule has 0 unspecified atom stereocenters. The molecule has 3 heterocycles. The number of ether oxygens (including phenoxy) is 1. The van der Waals surface area contributed by atoms with Crippen LogP contribution in [0.25, 0.3) is 10.6 Å². The van der Waals surface area contributed by atoms with Gasteiger partial charge in [-0.1, -0.05) is 12.1 Å². The zero-order valence-electron chi connectivity index (χ0n) is 16.4. The Morgan fingerprint density at radius 1 is 1.30 bits per heavy atom. The van der Waals surface area contributed by atoms with Crippen LogP contribution >= 0.6 is 11.3 Å². The predicted molar refractivity (Wildman–Crippen MR) is 115 cm³/mol. The Morgan fingerprint density at radius 2 is 2.17 bits per heavy atom. The summed E-state index contributed by atoms with van der Waals surface area (Å²) in [5.74, 6) is 0.209. The van der Waals surface area contributed by atoms with Gasteiger partial charge in [0.15, 0.2) is 5.69 Å². The van der Waals surface area contributed by atoms with Gasteiger partial charge >= 0.3 is 0 Å². The lowest BCUT2D eigenvalue weighted by Crippen LogP contribution is -2.40. The Kier molecular flexibility index (Phi) is 5.89. The minimum Gasteiger partial charge on any atom is -0.497 e. The van der Waals surface area contributed by atoms with E-state index < -0.39 is 15.9 Å². The van der Waals surface area contributed by atoms with Gasteiger partial charge in [0.1, 0.15) is 5.75 Å². The number of fused-ring (bicyclic) bond motifs is 1. The first-order valence-corrected chi connectivity index (χ1v) is 12.0.